The zero-order valence-corrected chi connectivity index (χ0v) is 16.3. The predicted molar refractivity (Wildman–Crippen MR) is 97.8 cm³/mol. The summed E-state index contributed by atoms with van der Waals surface area (Å²) in [6.07, 6.45) is 9.35. The number of unbranched alkanes of at least 4 members (excludes halogenated alkanes) is 3. The summed E-state index contributed by atoms with van der Waals surface area (Å²) in [7, 11) is 0. The van der Waals surface area contributed by atoms with Gasteiger partial charge < -0.3 is 9.47 Å². The Morgan fingerprint density at radius 2 is 1.04 bits per heavy atom. The maximum atomic E-state index is 11.9. The van der Waals surface area contributed by atoms with E-state index in [2.05, 4.69) is 13.8 Å². The monoisotopic (exact) mass is 342 g/mol. The fraction of sp³-hybridized carbons (Fsp3) is 0.900. The first-order valence-corrected chi connectivity index (χ1v) is 9.93. The molecule has 4 nitrogen and oxygen atoms in total. The molecular formula is C20H38O4. The highest BCUT2D eigenvalue weighted by molar-refractivity contribution is 5.72. The first kappa shape index (κ1) is 22.9. The van der Waals surface area contributed by atoms with Crippen LogP contribution in [0.5, 0.6) is 0 Å². The van der Waals surface area contributed by atoms with E-state index in [-0.39, 0.29) is 23.8 Å². The number of carbonyl (C=O) groups is 2. The molecule has 0 rings (SSSR count). The number of hydrogen-bond acceptors (Lipinski definition) is 4. The molecule has 0 spiro atoms. The Morgan fingerprint density at radius 1 is 0.667 bits per heavy atom. The van der Waals surface area contributed by atoms with Crippen LogP contribution in [-0.2, 0) is 19.1 Å². The van der Waals surface area contributed by atoms with Gasteiger partial charge in [-0.25, -0.2) is 0 Å². The van der Waals surface area contributed by atoms with Gasteiger partial charge in [0.25, 0.3) is 0 Å². The fourth-order valence-electron chi connectivity index (χ4n) is 2.66. The molecule has 0 bridgehead atoms. The van der Waals surface area contributed by atoms with Crippen molar-refractivity contribution in [1.29, 1.82) is 0 Å². The Bertz CT molecular complexity index is 296. The van der Waals surface area contributed by atoms with Crippen molar-refractivity contribution >= 4 is 11.9 Å². The molecule has 2 unspecified atom stereocenters. The average Bonchev–Trinajstić information content (AvgIpc) is 2.59. The summed E-state index contributed by atoms with van der Waals surface area (Å²) >= 11 is 0. The fourth-order valence-corrected chi connectivity index (χ4v) is 2.66. The minimum absolute atomic E-state index is 0.0339. The van der Waals surface area contributed by atoms with Crippen molar-refractivity contribution in [3.63, 3.8) is 0 Å². The predicted octanol–water partition coefficient (Wildman–Crippen LogP) is 5.29. The van der Waals surface area contributed by atoms with Gasteiger partial charge in [0.1, 0.15) is 0 Å². The normalized spacial score (nSPS) is 13.3. The van der Waals surface area contributed by atoms with Crippen LogP contribution < -0.4 is 0 Å². The SMILES string of the molecule is CCCCC(CC)C(=O)OCCCCOC(=O)C(CC)CCCC. The van der Waals surface area contributed by atoms with E-state index in [9.17, 15) is 9.59 Å². The molecule has 0 N–H and O–H groups in total. The number of carbonyl (C=O) groups excluding carboxylic acids is 2. The van der Waals surface area contributed by atoms with Gasteiger partial charge in [0.15, 0.2) is 0 Å². The van der Waals surface area contributed by atoms with E-state index in [4.69, 9.17) is 9.47 Å². The van der Waals surface area contributed by atoms with E-state index in [1.165, 1.54) is 0 Å². The van der Waals surface area contributed by atoms with Crippen LogP contribution in [0.3, 0.4) is 0 Å². The molecule has 0 saturated heterocycles. The van der Waals surface area contributed by atoms with Gasteiger partial charge in [-0.1, -0.05) is 53.4 Å². The Labute approximate surface area is 148 Å². The highest BCUT2D eigenvalue weighted by atomic mass is 16.5. The van der Waals surface area contributed by atoms with Gasteiger partial charge >= 0.3 is 11.9 Å². The topological polar surface area (TPSA) is 52.6 Å². The molecule has 0 heterocycles. The van der Waals surface area contributed by atoms with Crippen molar-refractivity contribution in [2.75, 3.05) is 13.2 Å². The molecule has 0 radical (unpaired) electrons. The molecule has 0 fully saturated rings. The quantitative estimate of drug-likeness (QED) is 0.300. The van der Waals surface area contributed by atoms with Crippen molar-refractivity contribution in [1.82, 2.24) is 0 Å². The summed E-state index contributed by atoms with van der Waals surface area (Å²) in [4.78, 5) is 23.9. The second-order valence-electron chi connectivity index (χ2n) is 6.54. The third-order valence-electron chi connectivity index (χ3n) is 4.49. The Kier molecular flexibility index (Phi) is 14.8. The van der Waals surface area contributed by atoms with Crippen molar-refractivity contribution in [2.24, 2.45) is 11.8 Å². The van der Waals surface area contributed by atoms with Crippen LogP contribution in [0.2, 0.25) is 0 Å². The first-order chi connectivity index (χ1) is 11.6. The highest BCUT2D eigenvalue weighted by Gasteiger charge is 2.18. The lowest BCUT2D eigenvalue weighted by Crippen LogP contribution is -2.19. The van der Waals surface area contributed by atoms with Gasteiger partial charge in [-0.2, -0.15) is 0 Å². The van der Waals surface area contributed by atoms with Gasteiger partial charge in [0, 0.05) is 0 Å². The lowest BCUT2D eigenvalue weighted by atomic mass is 10.00. The average molecular weight is 343 g/mol. The van der Waals surface area contributed by atoms with E-state index >= 15 is 0 Å². The van der Waals surface area contributed by atoms with Crippen LogP contribution in [0.4, 0.5) is 0 Å². The molecule has 0 aliphatic rings. The highest BCUT2D eigenvalue weighted by Crippen LogP contribution is 2.15. The second-order valence-corrected chi connectivity index (χ2v) is 6.54. The van der Waals surface area contributed by atoms with Gasteiger partial charge in [-0.3, -0.25) is 9.59 Å². The van der Waals surface area contributed by atoms with Crippen LogP contribution in [0, 0.1) is 11.8 Å². The minimum atomic E-state index is -0.0754. The van der Waals surface area contributed by atoms with Gasteiger partial charge in [0.2, 0.25) is 0 Å². The Morgan fingerprint density at radius 3 is 1.33 bits per heavy atom. The first-order valence-electron chi connectivity index (χ1n) is 9.93. The molecule has 24 heavy (non-hydrogen) atoms. The third kappa shape index (κ3) is 10.7. The number of rotatable bonds is 15. The van der Waals surface area contributed by atoms with E-state index in [1.807, 2.05) is 13.8 Å². The summed E-state index contributed by atoms with van der Waals surface area (Å²) in [5.41, 5.74) is 0. The Hall–Kier alpha value is -1.06. The summed E-state index contributed by atoms with van der Waals surface area (Å²) in [5, 5.41) is 0. The molecule has 4 heteroatoms. The van der Waals surface area contributed by atoms with Crippen molar-refractivity contribution in [2.45, 2.75) is 91.9 Å². The molecular weight excluding hydrogens is 304 g/mol. The molecule has 0 aliphatic heterocycles. The minimum Gasteiger partial charge on any atom is -0.465 e. The van der Waals surface area contributed by atoms with Gasteiger partial charge in [-0.15, -0.1) is 0 Å². The second kappa shape index (κ2) is 15.5. The van der Waals surface area contributed by atoms with Gasteiger partial charge in [-0.05, 0) is 38.5 Å². The van der Waals surface area contributed by atoms with Crippen LogP contribution in [0.15, 0.2) is 0 Å². The van der Waals surface area contributed by atoms with Crippen LogP contribution in [0.1, 0.15) is 91.9 Å². The summed E-state index contributed by atoms with van der Waals surface area (Å²) in [6, 6.07) is 0. The van der Waals surface area contributed by atoms with Crippen LogP contribution in [0.25, 0.3) is 0 Å². The molecule has 0 amide bonds. The van der Waals surface area contributed by atoms with Gasteiger partial charge in [0.05, 0.1) is 25.0 Å². The summed E-state index contributed by atoms with van der Waals surface area (Å²) < 4.78 is 10.7. The van der Waals surface area contributed by atoms with Crippen molar-refractivity contribution < 1.29 is 19.1 Å². The largest absolute Gasteiger partial charge is 0.465 e. The number of hydrogen-bond donors (Lipinski definition) is 0. The summed E-state index contributed by atoms with van der Waals surface area (Å²) in [6.45, 7) is 9.17. The zero-order valence-electron chi connectivity index (χ0n) is 16.3. The lowest BCUT2D eigenvalue weighted by Gasteiger charge is -2.15. The molecule has 2 atom stereocenters. The molecule has 0 aliphatic carbocycles. The Balaban J connectivity index is 3.78. The van der Waals surface area contributed by atoms with E-state index < -0.39 is 0 Å². The maximum Gasteiger partial charge on any atom is 0.308 e. The molecule has 142 valence electrons. The van der Waals surface area contributed by atoms with Crippen molar-refractivity contribution in [3.05, 3.63) is 0 Å². The molecule has 0 aromatic rings. The smallest absolute Gasteiger partial charge is 0.308 e. The molecule has 0 saturated carbocycles. The zero-order chi connectivity index (χ0) is 18.2. The van der Waals surface area contributed by atoms with Crippen molar-refractivity contribution in [3.8, 4) is 0 Å². The third-order valence-corrected chi connectivity index (χ3v) is 4.49. The standard InChI is InChI=1S/C20H38O4/c1-5-9-13-17(7-3)19(21)23-15-11-12-16-24-20(22)18(8-4)14-10-6-2/h17-18H,5-16H2,1-4H3. The summed E-state index contributed by atoms with van der Waals surface area (Å²) in [5.74, 6) is -0.0829. The maximum absolute atomic E-state index is 11.9. The van der Waals surface area contributed by atoms with E-state index in [0.717, 1.165) is 64.2 Å². The van der Waals surface area contributed by atoms with E-state index in [1.54, 1.807) is 0 Å². The molecule has 0 aromatic heterocycles. The van der Waals surface area contributed by atoms with E-state index in [0.29, 0.717) is 13.2 Å². The molecule has 0 aromatic carbocycles. The van der Waals surface area contributed by atoms with Crippen LogP contribution in [-0.4, -0.2) is 25.2 Å². The number of esters is 2. The lowest BCUT2D eigenvalue weighted by molar-refractivity contribution is -0.151. The van der Waals surface area contributed by atoms with Crippen LogP contribution >= 0.6 is 0 Å². The number of ether oxygens (including phenoxy) is 2.